The van der Waals surface area contributed by atoms with Crippen LogP contribution in [0.15, 0.2) is 12.1 Å². The van der Waals surface area contributed by atoms with Crippen molar-refractivity contribution in [3.8, 4) is 11.5 Å². The lowest BCUT2D eigenvalue weighted by molar-refractivity contribution is -0.145. The molecule has 0 bridgehead atoms. The standard InChI is InChI=1S/C14H19ClO5/c1-3-18-12-7-10(5-6-16)11(15)8-13(12)20-9-14(17)19-4-2/h7-8,16H,3-6,9H2,1-2H3. The van der Waals surface area contributed by atoms with Crippen molar-refractivity contribution in [2.24, 2.45) is 0 Å². The highest BCUT2D eigenvalue weighted by Crippen LogP contribution is 2.33. The Bertz CT molecular complexity index is 447. The van der Waals surface area contributed by atoms with E-state index in [2.05, 4.69) is 0 Å². The Kier molecular flexibility index (Phi) is 7.18. The van der Waals surface area contributed by atoms with Gasteiger partial charge in [0.2, 0.25) is 0 Å². The van der Waals surface area contributed by atoms with Crippen molar-refractivity contribution >= 4 is 17.6 Å². The molecule has 0 fully saturated rings. The molecule has 0 aromatic heterocycles. The topological polar surface area (TPSA) is 65.0 Å². The summed E-state index contributed by atoms with van der Waals surface area (Å²) in [6.07, 6.45) is 0.428. The maximum absolute atomic E-state index is 11.3. The van der Waals surface area contributed by atoms with Gasteiger partial charge in [-0.1, -0.05) is 11.6 Å². The predicted molar refractivity (Wildman–Crippen MR) is 75.5 cm³/mol. The van der Waals surface area contributed by atoms with Gasteiger partial charge < -0.3 is 19.3 Å². The Balaban J connectivity index is 2.87. The molecule has 0 heterocycles. The van der Waals surface area contributed by atoms with Crippen molar-refractivity contribution in [3.63, 3.8) is 0 Å². The molecule has 112 valence electrons. The van der Waals surface area contributed by atoms with E-state index in [4.69, 9.17) is 30.9 Å². The number of ether oxygens (including phenoxy) is 3. The lowest BCUT2D eigenvalue weighted by atomic mass is 10.1. The Hall–Kier alpha value is -1.46. The van der Waals surface area contributed by atoms with Crippen LogP contribution in [0, 0.1) is 0 Å². The van der Waals surface area contributed by atoms with Crippen LogP contribution in [0.25, 0.3) is 0 Å². The van der Waals surface area contributed by atoms with E-state index in [0.29, 0.717) is 36.2 Å². The quantitative estimate of drug-likeness (QED) is 0.746. The van der Waals surface area contributed by atoms with Gasteiger partial charge in [-0.05, 0) is 31.9 Å². The molecule has 1 rings (SSSR count). The number of benzene rings is 1. The normalized spacial score (nSPS) is 10.2. The molecule has 0 aliphatic rings. The van der Waals surface area contributed by atoms with Crippen LogP contribution >= 0.6 is 11.6 Å². The van der Waals surface area contributed by atoms with E-state index in [0.717, 1.165) is 5.56 Å². The van der Waals surface area contributed by atoms with Crippen molar-refractivity contribution in [2.45, 2.75) is 20.3 Å². The van der Waals surface area contributed by atoms with Gasteiger partial charge in [0, 0.05) is 17.7 Å². The number of aliphatic hydroxyl groups is 1. The predicted octanol–water partition coefficient (Wildman–Crippen LogP) is 2.22. The first-order valence-corrected chi connectivity index (χ1v) is 6.84. The number of rotatable bonds is 8. The number of aliphatic hydroxyl groups excluding tert-OH is 1. The highest BCUT2D eigenvalue weighted by Gasteiger charge is 2.13. The van der Waals surface area contributed by atoms with Gasteiger partial charge in [-0.3, -0.25) is 0 Å². The first-order chi connectivity index (χ1) is 9.62. The van der Waals surface area contributed by atoms with Gasteiger partial charge in [0.05, 0.1) is 13.2 Å². The third kappa shape index (κ3) is 4.90. The fourth-order valence-electron chi connectivity index (χ4n) is 1.61. The van der Waals surface area contributed by atoms with Crippen LogP contribution < -0.4 is 9.47 Å². The van der Waals surface area contributed by atoms with E-state index in [1.807, 2.05) is 6.92 Å². The van der Waals surface area contributed by atoms with Crippen LogP contribution in [0.2, 0.25) is 5.02 Å². The van der Waals surface area contributed by atoms with Gasteiger partial charge in [-0.15, -0.1) is 0 Å². The van der Waals surface area contributed by atoms with Crippen LogP contribution in [0.5, 0.6) is 11.5 Å². The number of halogens is 1. The molecule has 6 heteroatoms. The average molecular weight is 303 g/mol. The van der Waals surface area contributed by atoms with Crippen molar-refractivity contribution in [2.75, 3.05) is 26.4 Å². The molecule has 0 radical (unpaired) electrons. The number of carbonyl (C=O) groups excluding carboxylic acids is 1. The van der Waals surface area contributed by atoms with Crippen molar-refractivity contribution in [3.05, 3.63) is 22.7 Å². The fourth-order valence-corrected chi connectivity index (χ4v) is 1.86. The lowest BCUT2D eigenvalue weighted by Crippen LogP contribution is -2.15. The minimum Gasteiger partial charge on any atom is -0.490 e. The SMILES string of the molecule is CCOC(=O)COc1cc(Cl)c(CCO)cc1OCC. The van der Waals surface area contributed by atoms with E-state index >= 15 is 0 Å². The maximum Gasteiger partial charge on any atom is 0.344 e. The summed E-state index contributed by atoms with van der Waals surface area (Å²) in [5.74, 6) is 0.418. The van der Waals surface area contributed by atoms with Crippen LogP contribution in [0.4, 0.5) is 0 Å². The van der Waals surface area contributed by atoms with E-state index < -0.39 is 5.97 Å². The van der Waals surface area contributed by atoms with Crippen LogP contribution in [0.1, 0.15) is 19.4 Å². The molecule has 1 N–H and O–H groups in total. The van der Waals surface area contributed by atoms with E-state index in [9.17, 15) is 4.79 Å². The molecule has 0 amide bonds. The first-order valence-electron chi connectivity index (χ1n) is 6.46. The largest absolute Gasteiger partial charge is 0.490 e. The second-order valence-corrected chi connectivity index (χ2v) is 4.30. The van der Waals surface area contributed by atoms with Gasteiger partial charge in [0.25, 0.3) is 0 Å². The second kappa shape index (κ2) is 8.66. The lowest BCUT2D eigenvalue weighted by Gasteiger charge is -2.14. The molecular weight excluding hydrogens is 284 g/mol. The molecule has 0 aliphatic carbocycles. The summed E-state index contributed by atoms with van der Waals surface area (Å²) in [5.41, 5.74) is 0.765. The van der Waals surface area contributed by atoms with Gasteiger partial charge in [-0.25, -0.2) is 4.79 Å². The zero-order chi connectivity index (χ0) is 15.0. The van der Waals surface area contributed by atoms with Crippen molar-refractivity contribution in [1.29, 1.82) is 0 Å². The smallest absolute Gasteiger partial charge is 0.344 e. The minimum atomic E-state index is -0.453. The highest BCUT2D eigenvalue weighted by atomic mass is 35.5. The number of hydrogen-bond acceptors (Lipinski definition) is 5. The van der Waals surface area contributed by atoms with Crippen molar-refractivity contribution in [1.82, 2.24) is 0 Å². The molecule has 0 atom stereocenters. The van der Waals surface area contributed by atoms with Crippen molar-refractivity contribution < 1.29 is 24.1 Å². The van der Waals surface area contributed by atoms with Crippen LogP contribution in [-0.4, -0.2) is 37.5 Å². The third-order valence-corrected chi connectivity index (χ3v) is 2.80. The molecule has 20 heavy (non-hydrogen) atoms. The molecule has 1 aromatic rings. The molecule has 5 nitrogen and oxygen atoms in total. The second-order valence-electron chi connectivity index (χ2n) is 3.89. The zero-order valence-electron chi connectivity index (χ0n) is 11.6. The molecular formula is C14H19ClO5. The highest BCUT2D eigenvalue weighted by molar-refractivity contribution is 6.31. The Labute approximate surface area is 123 Å². The molecule has 0 unspecified atom stereocenters. The third-order valence-electron chi connectivity index (χ3n) is 2.44. The summed E-state index contributed by atoms with van der Waals surface area (Å²) in [6, 6.07) is 3.29. The summed E-state index contributed by atoms with van der Waals surface area (Å²) in [6.45, 7) is 4.12. The van der Waals surface area contributed by atoms with Crippen LogP contribution in [-0.2, 0) is 16.0 Å². The summed E-state index contributed by atoms with van der Waals surface area (Å²) in [4.78, 5) is 11.3. The van der Waals surface area contributed by atoms with Gasteiger partial charge in [-0.2, -0.15) is 0 Å². The molecule has 1 aromatic carbocycles. The first kappa shape index (κ1) is 16.6. The minimum absolute atomic E-state index is 0.00564. The number of hydrogen-bond donors (Lipinski definition) is 1. The summed E-state index contributed by atoms with van der Waals surface area (Å²) >= 11 is 6.09. The maximum atomic E-state index is 11.3. The molecule has 0 spiro atoms. The Morgan fingerprint density at radius 2 is 1.90 bits per heavy atom. The monoisotopic (exact) mass is 302 g/mol. The van der Waals surface area contributed by atoms with E-state index in [-0.39, 0.29) is 13.2 Å². The summed E-state index contributed by atoms with van der Waals surface area (Å²) in [5, 5.41) is 9.44. The van der Waals surface area contributed by atoms with Gasteiger partial charge in [0.15, 0.2) is 18.1 Å². The summed E-state index contributed by atoms with van der Waals surface area (Å²) in [7, 11) is 0. The van der Waals surface area contributed by atoms with E-state index in [1.165, 1.54) is 0 Å². The summed E-state index contributed by atoms with van der Waals surface area (Å²) < 4.78 is 15.6. The molecule has 0 aliphatic heterocycles. The Morgan fingerprint density at radius 1 is 1.20 bits per heavy atom. The van der Waals surface area contributed by atoms with Gasteiger partial charge in [0.1, 0.15) is 0 Å². The van der Waals surface area contributed by atoms with E-state index in [1.54, 1.807) is 19.1 Å². The number of carbonyl (C=O) groups is 1. The fraction of sp³-hybridized carbons (Fsp3) is 0.500. The molecule has 0 saturated carbocycles. The average Bonchev–Trinajstić information content (AvgIpc) is 2.41. The molecule has 0 saturated heterocycles. The van der Waals surface area contributed by atoms with Crippen LogP contribution in [0.3, 0.4) is 0 Å². The zero-order valence-corrected chi connectivity index (χ0v) is 12.4. The Morgan fingerprint density at radius 3 is 2.50 bits per heavy atom. The van der Waals surface area contributed by atoms with Gasteiger partial charge >= 0.3 is 5.97 Å². The number of esters is 1.